The van der Waals surface area contributed by atoms with Gasteiger partial charge in [0.25, 0.3) is 5.69 Å². The van der Waals surface area contributed by atoms with Crippen molar-refractivity contribution in [3.63, 3.8) is 0 Å². The lowest BCUT2D eigenvalue weighted by Crippen LogP contribution is -2.37. The molecule has 9 heteroatoms. The van der Waals surface area contributed by atoms with Crippen LogP contribution in [-0.4, -0.2) is 31.4 Å². The Hall–Kier alpha value is -3.30. The minimum Gasteiger partial charge on any atom is -0.363 e. The third-order valence-electron chi connectivity index (χ3n) is 5.19. The number of hydrogen-bond acceptors (Lipinski definition) is 6. The van der Waals surface area contributed by atoms with E-state index in [0.29, 0.717) is 0 Å². The summed E-state index contributed by atoms with van der Waals surface area (Å²) in [5.41, 5.74) is 3.06. The number of para-hydroxylation sites is 1. The maximum absolute atomic E-state index is 12.8. The van der Waals surface area contributed by atoms with Crippen LogP contribution >= 0.6 is 0 Å². The SMILES string of the molecule is O=[N+]([O-])c1ccc(S(=O)(=O)NC[C@@H](c2cccnc2)N2CCc3ccccc32)cc1. The Morgan fingerprint density at radius 3 is 2.57 bits per heavy atom. The van der Waals surface area contributed by atoms with E-state index in [2.05, 4.69) is 20.7 Å². The maximum atomic E-state index is 12.8. The Bertz CT molecular complexity index is 1150. The standard InChI is InChI=1S/C21H20N4O4S/c26-25(27)18-7-9-19(10-8-18)30(28,29)23-15-21(17-5-3-12-22-14-17)24-13-11-16-4-1-2-6-20(16)24/h1-10,12,14,21,23H,11,13,15H2/t21-/m0/s1. The van der Waals surface area contributed by atoms with E-state index in [-0.39, 0.29) is 23.2 Å². The van der Waals surface area contributed by atoms with Crippen molar-refractivity contribution in [1.82, 2.24) is 9.71 Å². The first-order chi connectivity index (χ1) is 14.5. The zero-order valence-corrected chi connectivity index (χ0v) is 16.8. The lowest BCUT2D eigenvalue weighted by molar-refractivity contribution is -0.384. The number of fused-ring (bicyclic) bond motifs is 1. The molecule has 0 saturated heterocycles. The second-order valence-corrected chi connectivity index (χ2v) is 8.74. The van der Waals surface area contributed by atoms with Gasteiger partial charge in [0.05, 0.1) is 15.9 Å². The summed E-state index contributed by atoms with van der Waals surface area (Å²) in [6, 6.07) is 16.5. The van der Waals surface area contributed by atoms with E-state index in [9.17, 15) is 18.5 Å². The van der Waals surface area contributed by atoms with Crippen molar-refractivity contribution in [2.75, 3.05) is 18.0 Å². The van der Waals surface area contributed by atoms with Gasteiger partial charge in [0.2, 0.25) is 10.0 Å². The van der Waals surface area contributed by atoms with Crippen LogP contribution < -0.4 is 9.62 Å². The molecule has 30 heavy (non-hydrogen) atoms. The van der Waals surface area contributed by atoms with Crippen molar-refractivity contribution < 1.29 is 13.3 Å². The number of anilines is 1. The van der Waals surface area contributed by atoms with Crippen LogP contribution in [0.5, 0.6) is 0 Å². The Kier molecular flexibility index (Phi) is 5.47. The summed E-state index contributed by atoms with van der Waals surface area (Å²) in [5.74, 6) is 0. The van der Waals surface area contributed by atoms with Gasteiger partial charge in [-0.05, 0) is 41.8 Å². The molecule has 1 atom stereocenters. The molecule has 0 unspecified atom stereocenters. The lowest BCUT2D eigenvalue weighted by Gasteiger charge is -2.31. The first kappa shape index (κ1) is 20.0. The summed E-state index contributed by atoms with van der Waals surface area (Å²) < 4.78 is 28.3. The van der Waals surface area contributed by atoms with E-state index in [1.165, 1.54) is 29.8 Å². The van der Waals surface area contributed by atoms with Crippen LogP contribution in [0.15, 0.2) is 78.0 Å². The molecule has 0 bridgehead atoms. The Morgan fingerprint density at radius 1 is 1.10 bits per heavy atom. The number of aromatic nitrogens is 1. The molecule has 0 radical (unpaired) electrons. The molecule has 8 nitrogen and oxygen atoms in total. The Balaban J connectivity index is 1.59. The van der Waals surface area contributed by atoms with Crippen LogP contribution in [0.25, 0.3) is 0 Å². The molecule has 0 spiro atoms. The van der Waals surface area contributed by atoms with Crippen molar-refractivity contribution in [3.05, 3.63) is 94.3 Å². The average molecular weight is 424 g/mol. The van der Waals surface area contributed by atoms with E-state index in [1.54, 1.807) is 12.4 Å². The molecule has 2 aromatic carbocycles. The molecule has 1 aromatic heterocycles. The summed E-state index contributed by atoms with van der Waals surface area (Å²) in [6.45, 7) is 0.914. The summed E-state index contributed by atoms with van der Waals surface area (Å²) in [6.07, 6.45) is 4.31. The zero-order valence-electron chi connectivity index (χ0n) is 16.0. The highest BCUT2D eigenvalue weighted by Crippen LogP contribution is 2.34. The van der Waals surface area contributed by atoms with Crippen LogP contribution in [0.1, 0.15) is 17.2 Å². The molecule has 1 aliphatic rings. The molecular formula is C21H20N4O4S. The molecule has 3 aromatic rings. The fourth-order valence-corrected chi connectivity index (χ4v) is 4.73. The molecule has 1 aliphatic heterocycles. The maximum Gasteiger partial charge on any atom is 0.269 e. The van der Waals surface area contributed by atoms with Crippen molar-refractivity contribution in [3.8, 4) is 0 Å². The number of pyridine rings is 1. The summed E-state index contributed by atoms with van der Waals surface area (Å²) in [4.78, 5) is 16.6. The summed E-state index contributed by atoms with van der Waals surface area (Å²) in [7, 11) is -3.83. The number of hydrogen-bond donors (Lipinski definition) is 1. The molecule has 154 valence electrons. The molecule has 0 fully saturated rings. The number of nitrogens with one attached hydrogen (secondary N) is 1. The monoisotopic (exact) mass is 424 g/mol. The Morgan fingerprint density at radius 2 is 1.87 bits per heavy atom. The first-order valence-corrected chi connectivity index (χ1v) is 10.9. The number of nitro groups is 1. The van der Waals surface area contributed by atoms with Crippen molar-refractivity contribution >= 4 is 21.4 Å². The predicted octanol–water partition coefficient (Wildman–Crippen LogP) is 3.07. The van der Waals surface area contributed by atoms with Crippen LogP contribution in [0, 0.1) is 10.1 Å². The van der Waals surface area contributed by atoms with E-state index >= 15 is 0 Å². The fourth-order valence-electron chi connectivity index (χ4n) is 3.69. The van der Waals surface area contributed by atoms with Gasteiger partial charge in [0, 0.05) is 43.3 Å². The normalized spacial score (nSPS) is 14.3. The van der Waals surface area contributed by atoms with Crippen molar-refractivity contribution in [1.29, 1.82) is 0 Å². The number of nitro benzene ring substituents is 1. The van der Waals surface area contributed by atoms with Gasteiger partial charge in [0.15, 0.2) is 0 Å². The van der Waals surface area contributed by atoms with Crippen molar-refractivity contribution in [2.24, 2.45) is 0 Å². The largest absolute Gasteiger partial charge is 0.363 e. The summed E-state index contributed by atoms with van der Waals surface area (Å²) >= 11 is 0. The van der Waals surface area contributed by atoms with Gasteiger partial charge >= 0.3 is 0 Å². The Labute approximate surface area is 174 Å². The molecule has 0 amide bonds. The molecule has 1 N–H and O–H groups in total. The van der Waals surface area contributed by atoms with E-state index in [4.69, 9.17) is 0 Å². The number of rotatable bonds is 7. The highest BCUT2D eigenvalue weighted by Gasteiger charge is 2.28. The molecule has 2 heterocycles. The number of sulfonamides is 1. The predicted molar refractivity (Wildman–Crippen MR) is 113 cm³/mol. The van der Waals surface area contributed by atoms with Gasteiger partial charge in [-0.3, -0.25) is 15.1 Å². The quantitative estimate of drug-likeness (QED) is 0.462. The fraction of sp³-hybridized carbons (Fsp3) is 0.190. The lowest BCUT2D eigenvalue weighted by atomic mass is 10.1. The smallest absolute Gasteiger partial charge is 0.269 e. The summed E-state index contributed by atoms with van der Waals surface area (Å²) in [5, 5.41) is 10.8. The van der Waals surface area contributed by atoms with Gasteiger partial charge in [0.1, 0.15) is 0 Å². The average Bonchev–Trinajstić information content (AvgIpc) is 3.19. The van der Waals surface area contributed by atoms with Crippen LogP contribution in [-0.2, 0) is 16.4 Å². The van der Waals surface area contributed by atoms with Gasteiger partial charge in [-0.1, -0.05) is 24.3 Å². The van der Waals surface area contributed by atoms with Crippen LogP contribution in [0.4, 0.5) is 11.4 Å². The van der Waals surface area contributed by atoms with Crippen LogP contribution in [0.2, 0.25) is 0 Å². The second-order valence-electron chi connectivity index (χ2n) is 6.98. The van der Waals surface area contributed by atoms with Crippen molar-refractivity contribution in [2.45, 2.75) is 17.4 Å². The van der Waals surface area contributed by atoms with E-state index in [1.807, 2.05) is 30.3 Å². The minimum absolute atomic E-state index is 0.0140. The number of benzene rings is 2. The third-order valence-corrected chi connectivity index (χ3v) is 6.63. The van der Waals surface area contributed by atoms with Gasteiger partial charge < -0.3 is 4.90 Å². The second kappa shape index (κ2) is 8.21. The molecule has 0 aliphatic carbocycles. The third kappa shape index (κ3) is 4.03. The van der Waals surface area contributed by atoms with E-state index in [0.717, 1.165) is 24.2 Å². The first-order valence-electron chi connectivity index (χ1n) is 9.44. The van der Waals surface area contributed by atoms with Crippen LogP contribution in [0.3, 0.4) is 0 Å². The molecule has 0 saturated carbocycles. The highest BCUT2D eigenvalue weighted by molar-refractivity contribution is 7.89. The van der Waals surface area contributed by atoms with Gasteiger partial charge in [-0.25, -0.2) is 13.1 Å². The molecular weight excluding hydrogens is 404 g/mol. The topological polar surface area (TPSA) is 105 Å². The molecule has 4 rings (SSSR count). The zero-order chi connectivity index (χ0) is 21.1. The minimum atomic E-state index is -3.83. The van der Waals surface area contributed by atoms with Gasteiger partial charge in [-0.15, -0.1) is 0 Å². The highest BCUT2D eigenvalue weighted by atomic mass is 32.2. The number of non-ortho nitro benzene ring substituents is 1. The number of nitrogens with zero attached hydrogens (tertiary/aromatic N) is 3. The van der Waals surface area contributed by atoms with Gasteiger partial charge in [-0.2, -0.15) is 0 Å². The van der Waals surface area contributed by atoms with E-state index < -0.39 is 14.9 Å².